The van der Waals surface area contributed by atoms with Gasteiger partial charge in [-0.15, -0.1) is 0 Å². The number of methoxy groups -OCH3 is 1. The molecule has 0 aliphatic carbocycles. The van der Waals surface area contributed by atoms with Gasteiger partial charge in [0.2, 0.25) is 5.88 Å². The highest BCUT2D eigenvalue weighted by Gasteiger charge is 2.10. The molecule has 0 radical (unpaired) electrons. The van der Waals surface area contributed by atoms with Crippen LogP contribution in [0.1, 0.15) is 13.3 Å². The summed E-state index contributed by atoms with van der Waals surface area (Å²) in [5.41, 5.74) is 0. The smallest absolute Gasteiger partial charge is 0.239 e. The van der Waals surface area contributed by atoms with E-state index in [1.54, 1.807) is 19.5 Å². The SMILES string of the molecule is CCCNc1cncc(Oc2cc(Br)c(OC)cc2Br)n1. The fraction of sp³-hybridized carbons (Fsp3) is 0.286. The largest absolute Gasteiger partial charge is 0.496 e. The van der Waals surface area contributed by atoms with Crippen molar-refractivity contribution in [2.75, 3.05) is 19.0 Å². The molecule has 0 unspecified atom stereocenters. The zero-order valence-corrected chi connectivity index (χ0v) is 14.9. The van der Waals surface area contributed by atoms with Gasteiger partial charge in [0, 0.05) is 6.54 Å². The Labute approximate surface area is 140 Å². The van der Waals surface area contributed by atoms with E-state index in [-0.39, 0.29) is 0 Å². The third-order valence-electron chi connectivity index (χ3n) is 2.59. The maximum Gasteiger partial charge on any atom is 0.239 e. The first-order valence-corrected chi connectivity index (χ1v) is 7.99. The van der Waals surface area contributed by atoms with Gasteiger partial charge in [0.05, 0.1) is 28.4 Å². The van der Waals surface area contributed by atoms with Crippen molar-refractivity contribution in [1.82, 2.24) is 9.97 Å². The first-order chi connectivity index (χ1) is 10.1. The third-order valence-corrected chi connectivity index (χ3v) is 3.83. The van der Waals surface area contributed by atoms with E-state index >= 15 is 0 Å². The standard InChI is InChI=1S/C14H15Br2N3O2/c1-3-4-18-13-7-17-8-14(19-13)21-12-6-9(15)11(20-2)5-10(12)16/h5-8H,3-4H2,1-2H3,(H,18,19). The summed E-state index contributed by atoms with van der Waals surface area (Å²) in [7, 11) is 1.61. The van der Waals surface area contributed by atoms with Gasteiger partial charge in [0.1, 0.15) is 17.3 Å². The normalized spacial score (nSPS) is 10.3. The fourth-order valence-electron chi connectivity index (χ4n) is 1.59. The number of halogens is 2. The van der Waals surface area contributed by atoms with Crippen LogP contribution in [-0.4, -0.2) is 23.6 Å². The Balaban J connectivity index is 2.20. The molecule has 0 aliphatic heterocycles. The monoisotopic (exact) mass is 415 g/mol. The fourth-order valence-corrected chi connectivity index (χ4v) is 2.48. The average Bonchev–Trinajstić information content (AvgIpc) is 2.49. The molecule has 1 heterocycles. The molecule has 0 saturated heterocycles. The number of rotatable bonds is 6. The molecule has 0 fully saturated rings. The highest BCUT2D eigenvalue weighted by molar-refractivity contribution is 9.11. The molecule has 7 heteroatoms. The van der Waals surface area contributed by atoms with Gasteiger partial charge in [-0.25, -0.2) is 0 Å². The van der Waals surface area contributed by atoms with E-state index in [9.17, 15) is 0 Å². The van der Waals surface area contributed by atoms with E-state index < -0.39 is 0 Å². The van der Waals surface area contributed by atoms with Gasteiger partial charge in [-0.2, -0.15) is 4.98 Å². The van der Waals surface area contributed by atoms with Gasteiger partial charge in [-0.3, -0.25) is 4.98 Å². The van der Waals surface area contributed by atoms with Crippen LogP contribution in [0.2, 0.25) is 0 Å². The Morgan fingerprint density at radius 1 is 1.14 bits per heavy atom. The Bertz CT molecular complexity index is 623. The summed E-state index contributed by atoms with van der Waals surface area (Å²) in [4.78, 5) is 8.47. The van der Waals surface area contributed by atoms with Crippen LogP contribution in [-0.2, 0) is 0 Å². The topological polar surface area (TPSA) is 56.3 Å². The number of nitrogens with one attached hydrogen (secondary N) is 1. The second kappa shape index (κ2) is 7.61. The Morgan fingerprint density at radius 2 is 1.86 bits per heavy atom. The van der Waals surface area contributed by atoms with Gasteiger partial charge in [-0.05, 0) is 50.4 Å². The van der Waals surface area contributed by atoms with E-state index in [2.05, 4.69) is 54.1 Å². The maximum absolute atomic E-state index is 5.76. The molecule has 1 N–H and O–H groups in total. The number of ether oxygens (including phenoxy) is 2. The predicted octanol–water partition coefficient (Wildman–Crippen LogP) is 4.62. The van der Waals surface area contributed by atoms with Crippen molar-refractivity contribution in [3.63, 3.8) is 0 Å². The number of benzene rings is 1. The van der Waals surface area contributed by atoms with Crippen molar-refractivity contribution >= 4 is 37.7 Å². The van der Waals surface area contributed by atoms with Crippen molar-refractivity contribution in [3.05, 3.63) is 33.5 Å². The maximum atomic E-state index is 5.76. The molecule has 1 aromatic carbocycles. The molecule has 0 aliphatic rings. The molecule has 0 amide bonds. The average molecular weight is 417 g/mol. The van der Waals surface area contributed by atoms with Gasteiger partial charge >= 0.3 is 0 Å². The van der Waals surface area contributed by atoms with E-state index in [1.165, 1.54) is 0 Å². The second-order valence-electron chi connectivity index (χ2n) is 4.19. The van der Waals surface area contributed by atoms with E-state index in [1.807, 2.05) is 12.1 Å². The third kappa shape index (κ3) is 4.31. The molecule has 0 saturated carbocycles. The number of hydrogen-bond donors (Lipinski definition) is 1. The summed E-state index contributed by atoms with van der Waals surface area (Å²) < 4.78 is 12.6. The zero-order chi connectivity index (χ0) is 15.2. The highest BCUT2D eigenvalue weighted by atomic mass is 79.9. The van der Waals surface area contributed by atoms with Gasteiger partial charge in [0.25, 0.3) is 0 Å². The number of anilines is 1. The molecule has 5 nitrogen and oxygen atoms in total. The van der Waals surface area contributed by atoms with E-state index in [4.69, 9.17) is 9.47 Å². The van der Waals surface area contributed by atoms with E-state index in [0.29, 0.717) is 17.4 Å². The van der Waals surface area contributed by atoms with Gasteiger partial charge < -0.3 is 14.8 Å². The van der Waals surface area contributed by atoms with Crippen LogP contribution in [0.4, 0.5) is 5.82 Å². The van der Waals surface area contributed by atoms with Crippen LogP contribution in [0, 0.1) is 0 Å². The number of hydrogen-bond acceptors (Lipinski definition) is 5. The van der Waals surface area contributed by atoms with Crippen LogP contribution in [0.15, 0.2) is 33.5 Å². The highest BCUT2D eigenvalue weighted by Crippen LogP contribution is 2.37. The van der Waals surface area contributed by atoms with E-state index in [0.717, 1.165) is 27.7 Å². The lowest BCUT2D eigenvalue weighted by molar-refractivity contribution is 0.408. The van der Waals surface area contributed by atoms with Crippen LogP contribution in [0.5, 0.6) is 17.4 Å². The van der Waals surface area contributed by atoms with Crippen molar-refractivity contribution < 1.29 is 9.47 Å². The number of aromatic nitrogens is 2. The molecule has 112 valence electrons. The summed E-state index contributed by atoms with van der Waals surface area (Å²) >= 11 is 6.88. The van der Waals surface area contributed by atoms with Gasteiger partial charge in [-0.1, -0.05) is 6.92 Å². The quantitative estimate of drug-likeness (QED) is 0.744. The molecule has 0 atom stereocenters. The molecule has 2 aromatic rings. The summed E-state index contributed by atoms with van der Waals surface area (Å²) in [5.74, 6) is 2.47. The molecule has 2 rings (SSSR count). The molecule has 21 heavy (non-hydrogen) atoms. The van der Waals surface area contributed by atoms with Crippen molar-refractivity contribution in [2.24, 2.45) is 0 Å². The lowest BCUT2D eigenvalue weighted by Crippen LogP contribution is -2.03. The lowest BCUT2D eigenvalue weighted by Gasteiger charge is -2.11. The number of nitrogens with zero attached hydrogens (tertiary/aromatic N) is 2. The summed E-state index contributed by atoms with van der Waals surface area (Å²) in [5, 5.41) is 3.17. The Kier molecular flexibility index (Phi) is 5.81. The molecule has 0 spiro atoms. The summed E-state index contributed by atoms with van der Waals surface area (Å²) in [6.07, 6.45) is 4.26. The first kappa shape index (κ1) is 16.0. The van der Waals surface area contributed by atoms with Crippen molar-refractivity contribution in [2.45, 2.75) is 13.3 Å². The van der Waals surface area contributed by atoms with Crippen LogP contribution < -0.4 is 14.8 Å². The van der Waals surface area contributed by atoms with Crippen molar-refractivity contribution in [3.8, 4) is 17.4 Å². The molecular weight excluding hydrogens is 402 g/mol. The first-order valence-electron chi connectivity index (χ1n) is 6.40. The molecule has 0 bridgehead atoms. The van der Waals surface area contributed by atoms with Gasteiger partial charge in [0.15, 0.2) is 0 Å². The van der Waals surface area contributed by atoms with Crippen molar-refractivity contribution in [1.29, 1.82) is 0 Å². The Morgan fingerprint density at radius 3 is 2.57 bits per heavy atom. The zero-order valence-electron chi connectivity index (χ0n) is 11.7. The molecular formula is C14H15Br2N3O2. The van der Waals surface area contributed by atoms with Crippen LogP contribution >= 0.6 is 31.9 Å². The minimum absolute atomic E-state index is 0.425. The second-order valence-corrected chi connectivity index (χ2v) is 5.90. The minimum atomic E-state index is 0.425. The molecule has 1 aromatic heterocycles. The van der Waals surface area contributed by atoms with Crippen LogP contribution in [0.25, 0.3) is 0 Å². The minimum Gasteiger partial charge on any atom is -0.496 e. The summed E-state index contributed by atoms with van der Waals surface area (Å²) in [6.45, 7) is 2.93. The lowest BCUT2D eigenvalue weighted by atomic mass is 10.3. The summed E-state index contributed by atoms with van der Waals surface area (Å²) in [6, 6.07) is 3.64. The predicted molar refractivity (Wildman–Crippen MR) is 89.3 cm³/mol. The van der Waals surface area contributed by atoms with Crippen LogP contribution in [0.3, 0.4) is 0 Å². The Hall–Kier alpha value is -1.34.